The first-order valence-electron chi connectivity index (χ1n) is 11.6. The molecule has 7 heteroatoms. The van der Waals surface area contributed by atoms with Crippen LogP contribution in [0.1, 0.15) is 34.3 Å². The molecule has 0 aliphatic carbocycles. The zero-order chi connectivity index (χ0) is 24.1. The Balaban J connectivity index is 1.41. The van der Waals surface area contributed by atoms with Crippen LogP contribution >= 0.6 is 0 Å². The van der Waals surface area contributed by atoms with Crippen molar-refractivity contribution in [2.24, 2.45) is 0 Å². The van der Waals surface area contributed by atoms with Crippen molar-refractivity contribution in [1.29, 1.82) is 0 Å². The molecule has 1 heterocycles. The average molecular weight is 478 g/mol. The second kappa shape index (κ2) is 10.4. The Morgan fingerprint density at radius 3 is 2.24 bits per heavy atom. The minimum atomic E-state index is -3.55. The van der Waals surface area contributed by atoms with Crippen LogP contribution in [0, 0.1) is 6.92 Å². The number of hydrogen-bond acceptors (Lipinski definition) is 4. The van der Waals surface area contributed by atoms with Crippen LogP contribution in [-0.2, 0) is 16.6 Å². The first-order chi connectivity index (χ1) is 16.3. The molecule has 1 fully saturated rings. The van der Waals surface area contributed by atoms with Gasteiger partial charge in [-0.25, -0.2) is 13.1 Å². The van der Waals surface area contributed by atoms with Crippen molar-refractivity contribution in [2.75, 3.05) is 25.0 Å². The normalized spacial score (nSPS) is 14.7. The lowest BCUT2D eigenvalue weighted by molar-refractivity contribution is 0.0785. The molecule has 1 N–H and O–H groups in total. The highest BCUT2D eigenvalue weighted by molar-refractivity contribution is 7.89. The first-order valence-corrected chi connectivity index (χ1v) is 13.0. The lowest BCUT2D eigenvalue weighted by Crippen LogP contribution is -2.45. The maximum Gasteiger partial charge on any atom is 0.256 e. The summed E-state index contributed by atoms with van der Waals surface area (Å²) in [6.45, 7) is 3.82. The smallest absolute Gasteiger partial charge is 0.256 e. The maximum atomic E-state index is 13.3. The van der Waals surface area contributed by atoms with Gasteiger partial charge < -0.3 is 9.80 Å². The number of para-hydroxylation sites is 1. The molecule has 34 heavy (non-hydrogen) atoms. The molecule has 0 aromatic heterocycles. The topological polar surface area (TPSA) is 69.7 Å². The van der Waals surface area contributed by atoms with E-state index in [0.717, 1.165) is 16.8 Å². The molecule has 1 aliphatic rings. The van der Waals surface area contributed by atoms with Crippen LogP contribution in [0.25, 0.3) is 0 Å². The van der Waals surface area contributed by atoms with Crippen LogP contribution < -0.4 is 9.62 Å². The van der Waals surface area contributed by atoms with E-state index in [1.807, 2.05) is 68.6 Å². The molecule has 1 amide bonds. The number of carbonyl (C=O) groups is 1. The number of nitrogens with zero attached hydrogens (tertiary/aromatic N) is 2. The van der Waals surface area contributed by atoms with Crippen molar-refractivity contribution in [3.63, 3.8) is 0 Å². The van der Waals surface area contributed by atoms with Gasteiger partial charge >= 0.3 is 0 Å². The monoisotopic (exact) mass is 477 g/mol. The number of hydrogen-bond donors (Lipinski definition) is 1. The Morgan fingerprint density at radius 2 is 1.56 bits per heavy atom. The van der Waals surface area contributed by atoms with Gasteiger partial charge in [-0.05, 0) is 49.6 Å². The summed E-state index contributed by atoms with van der Waals surface area (Å²) in [6.07, 6.45) is 1.35. The lowest BCUT2D eigenvalue weighted by atomic mass is 10.0. The molecule has 0 radical (unpaired) electrons. The average Bonchev–Trinajstić information content (AvgIpc) is 2.85. The largest absolute Gasteiger partial charge is 0.371 e. The van der Waals surface area contributed by atoms with Gasteiger partial charge in [0.2, 0.25) is 10.0 Å². The number of anilines is 1. The Morgan fingerprint density at radius 1 is 0.941 bits per heavy atom. The predicted molar refractivity (Wildman–Crippen MR) is 135 cm³/mol. The summed E-state index contributed by atoms with van der Waals surface area (Å²) in [4.78, 5) is 17.5. The van der Waals surface area contributed by atoms with Crippen molar-refractivity contribution in [2.45, 2.75) is 37.2 Å². The summed E-state index contributed by atoms with van der Waals surface area (Å²) in [5.41, 5.74) is 3.67. The van der Waals surface area contributed by atoms with Gasteiger partial charge in [0.1, 0.15) is 0 Å². The van der Waals surface area contributed by atoms with Crippen LogP contribution in [0.5, 0.6) is 0 Å². The fourth-order valence-corrected chi connectivity index (χ4v) is 5.61. The number of piperidine rings is 1. The van der Waals surface area contributed by atoms with E-state index in [-0.39, 0.29) is 16.8 Å². The molecule has 4 rings (SSSR count). The number of benzene rings is 3. The lowest BCUT2D eigenvalue weighted by Gasteiger charge is -2.35. The van der Waals surface area contributed by atoms with E-state index in [2.05, 4.69) is 9.62 Å². The molecule has 1 aliphatic heterocycles. The molecule has 0 saturated carbocycles. The van der Waals surface area contributed by atoms with Gasteiger partial charge in [-0.15, -0.1) is 0 Å². The van der Waals surface area contributed by atoms with Crippen molar-refractivity contribution < 1.29 is 13.2 Å². The standard InChI is InChI=1S/C27H31N3O3S/c1-21-12-14-24(15-13-21)34(32,33)28-23-16-18-30(19-17-23)26-11-7-6-10-25(26)27(31)29(2)20-22-8-4-3-5-9-22/h3-15,23,28H,16-20H2,1-2H3. The highest BCUT2D eigenvalue weighted by atomic mass is 32.2. The van der Waals surface area contributed by atoms with Gasteiger partial charge in [-0.1, -0.05) is 60.2 Å². The van der Waals surface area contributed by atoms with Crippen molar-refractivity contribution in [1.82, 2.24) is 9.62 Å². The zero-order valence-electron chi connectivity index (χ0n) is 19.6. The minimum absolute atomic E-state index is 0.0262. The van der Waals surface area contributed by atoms with E-state index >= 15 is 0 Å². The quantitative estimate of drug-likeness (QED) is 0.553. The second-order valence-electron chi connectivity index (χ2n) is 8.86. The SMILES string of the molecule is Cc1ccc(S(=O)(=O)NC2CCN(c3ccccc3C(=O)N(C)Cc3ccccc3)CC2)cc1. The van der Waals surface area contributed by atoms with Crippen LogP contribution in [0.3, 0.4) is 0 Å². The predicted octanol–water partition coefficient (Wildman–Crippen LogP) is 4.21. The number of amides is 1. The van der Waals surface area contributed by atoms with E-state index in [1.54, 1.807) is 29.2 Å². The summed E-state index contributed by atoms with van der Waals surface area (Å²) >= 11 is 0. The van der Waals surface area contributed by atoms with Crippen molar-refractivity contribution in [3.8, 4) is 0 Å². The second-order valence-corrected chi connectivity index (χ2v) is 10.6. The molecule has 1 saturated heterocycles. The molecule has 3 aromatic carbocycles. The number of sulfonamides is 1. The number of carbonyl (C=O) groups excluding carboxylic acids is 1. The Kier molecular flexibility index (Phi) is 7.34. The van der Waals surface area contributed by atoms with E-state index in [4.69, 9.17) is 0 Å². The van der Waals surface area contributed by atoms with Gasteiger partial charge in [-0.3, -0.25) is 4.79 Å². The van der Waals surface area contributed by atoms with E-state index in [1.165, 1.54) is 0 Å². The third-order valence-electron chi connectivity index (χ3n) is 6.23. The third-order valence-corrected chi connectivity index (χ3v) is 7.77. The highest BCUT2D eigenvalue weighted by Crippen LogP contribution is 2.26. The van der Waals surface area contributed by atoms with E-state index in [9.17, 15) is 13.2 Å². The highest BCUT2D eigenvalue weighted by Gasteiger charge is 2.27. The van der Waals surface area contributed by atoms with Gasteiger partial charge in [0.15, 0.2) is 0 Å². The minimum Gasteiger partial charge on any atom is -0.371 e. The van der Waals surface area contributed by atoms with Gasteiger partial charge in [0.25, 0.3) is 5.91 Å². The number of nitrogens with one attached hydrogen (secondary N) is 1. The first kappa shape index (κ1) is 24.0. The molecule has 0 bridgehead atoms. The molecule has 0 unspecified atom stereocenters. The number of rotatable bonds is 7. The molecule has 3 aromatic rings. The van der Waals surface area contributed by atoms with Crippen LogP contribution in [0.4, 0.5) is 5.69 Å². The molecular weight excluding hydrogens is 446 g/mol. The van der Waals surface area contributed by atoms with Gasteiger partial charge in [0, 0.05) is 38.4 Å². The maximum absolute atomic E-state index is 13.3. The Bertz CT molecular complexity index is 1220. The van der Waals surface area contributed by atoms with Crippen LogP contribution in [0.15, 0.2) is 83.8 Å². The van der Waals surface area contributed by atoms with Gasteiger partial charge in [0.05, 0.1) is 10.5 Å². The molecule has 6 nitrogen and oxygen atoms in total. The summed E-state index contributed by atoms with van der Waals surface area (Å²) in [5, 5.41) is 0. The third kappa shape index (κ3) is 5.66. The summed E-state index contributed by atoms with van der Waals surface area (Å²) in [5.74, 6) is -0.0262. The van der Waals surface area contributed by atoms with Crippen LogP contribution in [0.2, 0.25) is 0 Å². The molecular formula is C27H31N3O3S. The molecule has 178 valence electrons. The summed E-state index contributed by atoms with van der Waals surface area (Å²) in [6, 6.07) is 24.3. The summed E-state index contributed by atoms with van der Waals surface area (Å²) < 4.78 is 28.4. The van der Waals surface area contributed by atoms with Crippen molar-refractivity contribution in [3.05, 3.63) is 95.6 Å². The number of aryl methyl sites for hydroxylation is 1. The van der Waals surface area contributed by atoms with Gasteiger partial charge in [-0.2, -0.15) is 0 Å². The summed E-state index contributed by atoms with van der Waals surface area (Å²) in [7, 11) is -1.73. The van der Waals surface area contributed by atoms with Crippen LogP contribution in [-0.4, -0.2) is 45.4 Å². The Labute approximate surface area is 202 Å². The van der Waals surface area contributed by atoms with E-state index in [0.29, 0.717) is 38.0 Å². The fourth-order valence-electron chi connectivity index (χ4n) is 4.31. The van der Waals surface area contributed by atoms with Crippen molar-refractivity contribution >= 4 is 21.6 Å². The fraction of sp³-hybridized carbons (Fsp3) is 0.296. The Hall–Kier alpha value is -3.16. The molecule has 0 spiro atoms. The zero-order valence-corrected chi connectivity index (χ0v) is 20.5. The molecule has 0 atom stereocenters. The van der Waals surface area contributed by atoms with E-state index < -0.39 is 10.0 Å².